The van der Waals surface area contributed by atoms with Crippen molar-refractivity contribution in [2.75, 3.05) is 4.90 Å². The number of nitrogens with zero attached hydrogens (tertiary/aromatic N) is 1. The predicted molar refractivity (Wildman–Crippen MR) is 133 cm³/mol. The van der Waals surface area contributed by atoms with Crippen molar-refractivity contribution < 1.29 is 14.7 Å². The van der Waals surface area contributed by atoms with Crippen molar-refractivity contribution in [1.82, 2.24) is 0 Å². The summed E-state index contributed by atoms with van der Waals surface area (Å²) in [7, 11) is 0. The van der Waals surface area contributed by atoms with Gasteiger partial charge in [-0.05, 0) is 75.7 Å². The molecule has 170 valence electrons. The molecule has 0 spiro atoms. The van der Waals surface area contributed by atoms with Gasteiger partial charge in [-0.25, -0.2) is 9.69 Å². The fourth-order valence-electron chi connectivity index (χ4n) is 3.97. The maximum absolute atomic E-state index is 12.5. The summed E-state index contributed by atoms with van der Waals surface area (Å²) in [5.74, 6) is -0.592. The van der Waals surface area contributed by atoms with Crippen LogP contribution < -0.4 is 4.90 Å². The lowest BCUT2D eigenvalue weighted by molar-refractivity contribution is -0.113. The van der Waals surface area contributed by atoms with Gasteiger partial charge in [0.2, 0.25) is 0 Å². The van der Waals surface area contributed by atoms with Crippen LogP contribution in [0.4, 0.5) is 10.5 Å². The van der Waals surface area contributed by atoms with Crippen molar-refractivity contribution in [3.05, 3.63) is 88.6 Å². The molecule has 0 heterocycles. The van der Waals surface area contributed by atoms with Gasteiger partial charge in [0.25, 0.3) is 5.91 Å². The molecule has 1 aliphatic carbocycles. The summed E-state index contributed by atoms with van der Waals surface area (Å²) < 4.78 is 0. The summed E-state index contributed by atoms with van der Waals surface area (Å²) in [5.41, 5.74) is 6.21. The molecule has 0 bridgehead atoms. The molecule has 2 rings (SSSR count). The highest BCUT2D eigenvalue weighted by atomic mass is 16.4. The van der Waals surface area contributed by atoms with E-state index < -0.39 is 12.0 Å². The van der Waals surface area contributed by atoms with E-state index in [1.165, 1.54) is 36.5 Å². The van der Waals surface area contributed by atoms with E-state index in [1.807, 2.05) is 26.0 Å². The number of allylic oxidation sites excluding steroid dienone is 9. The van der Waals surface area contributed by atoms with E-state index in [9.17, 15) is 14.7 Å². The summed E-state index contributed by atoms with van der Waals surface area (Å²) in [4.78, 5) is 24.9. The molecule has 1 aliphatic rings. The molecule has 4 nitrogen and oxygen atoms in total. The Hall–Kier alpha value is -3.14. The topological polar surface area (TPSA) is 57.6 Å². The van der Waals surface area contributed by atoms with Crippen LogP contribution in [0.15, 0.2) is 83.0 Å². The lowest BCUT2D eigenvalue weighted by atomic mass is 9.72. The van der Waals surface area contributed by atoms with E-state index in [0.29, 0.717) is 11.3 Å². The number of amides is 2. The van der Waals surface area contributed by atoms with Crippen molar-refractivity contribution in [3.63, 3.8) is 0 Å². The number of carboxylic acid groups (broad SMARTS) is 1. The Bertz CT molecular complexity index is 1000. The van der Waals surface area contributed by atoms with Crippen LogP contribution in [0.3, 0.4) is 0 Å². The number of carbonyl (C=O) groups is 2. The number of imide groups is 1. The molecule has 0 fully saturated rings. The van der Waals surface area contributed by atoms with Crippen molar-refractivity contribution in [2.45, 2.75) is 60.8 Å². The highest BCUT2D eigenvalue weighted by molar-refractivity contribution is 6.16. The van der Waals surface area contributed by atoms with Crippen LogP contribution in [0.25, 0.3) is 0 Å². The SMILES string of the molecule is CC1=C(/C=C/C(C)=C/C=C/C(C)=C/C(=O)N(C(=O)O)c2ccc(C)cc2)C(C)(C)CCC1. The lowest BCUT2D eigenvalue weighted by Crippen LogP contribution is -2.34. The Kier molecular flexibility index (Phi) is 8.59. The highest BCUT2D eigenvalue weighted by Gasteiger charge is 2.26. The van der Waals surface area contributed by atoms with E-state index in [-0.39, 0.29) is 5.41 Å². The zero-order chi connectivity index (χ0) is 23.9. The van der Waals surface area contributed by atoms with Gasteiger partial charge in [-0.15, -0.1) is 0 Å². The van der Waals surface area contributed by atoms with Crippen LogP contribution in [-0.2, 0) is 4.79 Å². The van der Waals surface area contributed by atoms with Gasteiger partial charge < -0.3 is 5.11 Å². The van der Waals surface area contributed by atoms with Crippen LogP contribution in [0.5, 0.6) is 0 Å². The normalized spacial score (nSPS) is 17.3. The minimum Gasteiger partial charge on any atom is -0.464 e. The summed E-state index contributed by atoms with van der Waals surface area (Å²) >= 11 is 0. The van der Waals surface area contributed by atoms with Gasteiger partial charge in [-0.2, -0.15) is 0 Å². The second-order valence-corrected chi connectivity index (χ2v) is 9.21. The Morgan fingerprint density at radius 3 is 2.28 bits per heavy atom. The van der Waals surface area contributed by atoms with Gasteiger partial charge in [0, 0.05) is 6.08 Å². The first-order chi connectivity index (χ1) is 15.0. The zero-order valence-corrected chi connectivity index (χ0v) is 20.1. The first-order valence-electron chi connectivity index (χ1n) is 11.1. The first kappa shape index (κ1) is 25.1. The first-order valence-corrected chi connectivity index (χ1v) is 11.1. The second kappa shape index (κ2) is 10.9. The largest absolute Gasteiger partial charge is 0.464 e. The zero-order valence-electron chi connectivity index (χ0n) is 20.1. The molecule has 0 aromatic heterocycles. The third-order valence-electron chi connectivity index (χ3n) is 5.83. The van der Waals surface area contributed by atoms with Crippen LogP contribution in [0.1, 0.15) is 59.4 Å². The number of hydrogen-bond acceptors (Lipinski definition) is 2. The number of benzene rings is 1. The molecule has 0 saturated carbocycles. The predicted octanol–water partition coefficient (Wildman–Crippen LogP) is 7.54. The number of aryl methyl sites for hydroxylation is 1. The minimum absolute atomic E-state index is 0.210. The Morgan fingerprint density at radius 1 is 1.03 bits per heavy atom. The molecular weight excluding hydrogens is 398 g/mol. The van der Waals surface area contributed by atoms with Gasteiger partial charge in [-0.1, -0.05) is 73.1 Å². The summed E-state index contributed by atoms with van der Waals surface area (Å²) in [6.45, 7) is 12.6. The van der Waals surface area contributed by atoms with Crippen molar-refractivity contribution in [1.29, 1.82) is 0 Å². The minimum atomic E-state index is -1.30. The third-order valence-corrected chi connectivity index (χ3v) is 5.83. The van der Waals surface area contributed by atoms with Crippen LogP contribution >= 0.6 is 0 Å². The molecular formula is C28H35NO3. The quantitative estimate of drug-likeness (QED) is 0.372. The van der Waals surface area contributed by atoms with Gasteiger partial charge in [0.05, 0.1) is 5.69 Å². The monoisotopic (exact) mass is 433 g/mol. The number of rotatable bonds is 6. The number of carbonyl (C=O) groups excluding carboxylic acids is 1. The fraction of sp³-hybridized carbons (Fsp3) is 0.357. The second-order valence-electron chi connectivity index (χ2n) is 9.21. The molecule has 4 heteroatoms. The molecule has 0 radical (unpaired) electrons. The number of anilines is 1. The molecule has 0 atom stereocenters. The van der Waals surface area contributed by atoms with Gasteiger partial charge in [-0.3, -0.25) is 4.79 Å². The molecule has 1 aromatic rings. The average Bonchev–Trinajstić information content (AvgIpc) is 2.68. The fourth-order valence-corrected chi connectivity index (χ4v) is 3.97. The standard InChI is InChI=1S/C28H35NO3/c1-20(14-17-25-23(4)11-8-18-28(25,5)6)9-7-10-22(3)19-26(30)29(27(31)32)24-15-12-21(2)13-16-24/h7,9-10,12-17,19H,8,11,18H2,1-6H3,(H,31,32)/b10-7+,17-14+,20-9+,22-19+. The van der Waals surface area contributed by atoms with Crippen molar-refractivity contribution in [2.24, 2.45) is 5.41 Å². The van der Waals surface area contributed by atoms with Gasteiger partial charge in [0.15, 0.2) is 0 Å². The summed E-state index contributed by atoms with van der Waals surface area (Å²) in [5, 5.41) is 9.49. The summed E-state index contributed by atoms with van der Waals surface area (Å²) in [6, 6.07) is 6.82. The molecule has 2 amide bonds. The molecule has 0 saturated heterocycles. The molecule has 0 aliphatic heterocycles. The smallest absolute Gasteiger partial charge is 0.419 e. The Labute approximate surface area is 192 Å². The maximum Gasteiger partial charge on any atom is 0.419 e. The van der Waals surface area contributed by atoms with Crippen LogP contribution in [-0.4, -0.2) is 17.1 Å². The van der Waals surface area contributed by atoms with Gasteiger partial charge >= 0.3 is 6.09 Å². The molecule has 0 unspecified atom stereocenters. The average molecular weight is 434 g/mol. The number of hydrogen-bond donors (Lipinski definition) is 1. The lowest BCUT2D eigenvalue weighted by Gasteiger charge is -2.32. The summed E-state index contributed by atoms with van der Waals surface area (Å²) in [6.07, 6.45) is 13.7. The Morgan fingerprint density at radius 2 is 1.69 bits per heavy atom. The third kappa shape index (κ3) is 6.94. The van der Waals surface area contributed by atoms with E-state index in [2.05, 4.69) is 32.9 Å². The van der Waals surface area contributed by atoms with Crippen LogP contribution in [0, 0.1) is 12.3 Å². The van der Waals surface area contributed by atoms with E-state index in [4.69, 9.17) is 0 Å². The maximum atomic E-state index is 12.5. The van der Waals surface area contributed by atoms with Gasteiger partial charge in [0.1, 0.15) is 0 Å². The highest BCUT2D eigenvalue weighted by Crippen LogP contribution is 2.40. The molecule has 1 aromatic carbocycles. The van der Waals surface area contributed by atoms with Crippen molar-refractivity contribution >= 4 is 17.7 Å². The van der Waals surface area contributed by atoms with Crippen molar-refractivity contribution in [3.8, 4) is 0 Å². The van der Waals surface area contributed by atoms with E-state index >= 15 is 0 Å². The molecule has 32 heavy (non-hydrogen) atoms. The Balaban J connectivity index is 2.09. The molecule has 1 N–H and O–H groups in total. The van der Waals surface area contributed by atoms with Crippen LogP contribution in [0.2, 0.25) is 0 Å². The van der Waals surface area contributed by atoms with E-state index in [0.717, 1.165) is 16.0 Å². The van der Waals surface area contributed by atoms with E-state index in [1.54, 1.807) is 37.3 Å².